The second-order valence-corrected chi connectivity index (χ2v) is 6.96. The number of halogens is 2. The summed E-state index contributed by atoms with van der Waals surface area (Å²) in [4.78, 5) is 0. The highest BCUT2D eigenvalue weighted by atomic mass is 35.5. The number of hydrogen-bond acceptors (Lipinski definition) is 2. The molecular formula is C13H16Cl2OS. The van der Waals surface area contributed by atoms with Gasteiger partial charge in [0.15, 0.2) is 0 Å². The number of hydrogen-bond donors (Lipinski definition) is 0. The molecule has 0 N–H and O–H groups in total. The summed E-state index contributed by atoms with van der Waals surface area (Å²) >= 11 is 13.9. The average molecular weight is 291 g/mol. The summed E-state index contributed by atoms with van der Waals surface area (Å²) in [5.41, 5.74) is 1.47. The van der Waals surface area contributed by atoms with Crippen molar-refractivity contribution in [2.75, 3.05) is 6.61 Å². The highest BCUT2D eigenvalue weighted by Gasteiger charge is 2.24. The third kappa shape index (κ3) is 3.78. The van der Waals surface area contributed by atoms with Crippen molar-refractivity contribution >= 4 is 35.0 Å². The standard InChI is InChI=1S/C13H16Cl2OS/c1-8-3-13(16-7-8)17-9(2)10-4-11(14)6-12(15)5-10/h4-6,8-9,13H,3,7H2,1-2H3/t8-,9-,13?/m1/s1. The van der Waals surface area contributed by atoms with Crippen LogP contribution >= 0.6 is 35.0 Å². The van der Waals surface area contributed by atoms with Crippen LogP contribution in [0.4, 0.5) is 0 Å². The largest absolute Gasteiger partial charge is 0.367 e. The van der Waals surface area contributed by atoms with Gasteiger partial charge in [-0.15, -0.1) is 11.8 Å². The maximum absolute atomic E-state index is 6.01. The molecule has 0 saturated carbocycles. The molecule has 1 nitrogen and oxygen atoms in total. The highest BCUT2D eigenvalue weighted by Crippen LogP contribution is 2.39. The van der Waals surface area contributed by atoms with E-state index in [2.05, 4.69) is 13.8 Å². The fraction of sp³-hybridized carbons (Fsp3) is 0.538. The normalized spacial score (nSPS) is 26.1. The van der Waals surface area contributed by atoms with Gasteiger partial charge in [0.25, 0.3) is 0 Å². The number of benzene rings is 1. The van der Waals surface area contributed by atoms with Crippen molar-refractivity contribution < 1.29 is 4.74 Å². The van der Waals surface area contributed by atoms with Crippen molar-refractivity contribution in [3.63, 3.8) is 0 Å². The average Bonchev–Trinajstić information content (AvgIpc) is 2.62. The molecular weight excluding hydrogens is 275 g/mol. The highest BCUT2D eigenvalue weighted by molar-refractivity contribution is 8.00. The van der Waals surface area contributed by atoms with Gasteiger partial charge in [0, 0.05) is 15.3 Å². The van der Waals surface area contributed by atoms with E-state index >= 15 is 0 Å². The number of rotatable bonds is 3. The van der Waals surface area contributed by atoms with Gasteiger partial charge < -0.3 is 4.74 Å². The van der Waals surface area contributed by atoms with Crippen LogP contribution < -0.4 is 0 Å². The Kier molecular flexibility index (Phi) is 4.65. The second kappa shape index (κ2) is 5.83. The Morgan fingerprint density at radius 3 is 2.47 bits per heavy atom. The van der Waals surface area contributed by atoms with Gasteiger partial charge in [-0.1, -0.05) is 30.1 Å². The number of ether oxygens (including phenoxy) is 1. The van der Waals surface area contributed by atoms with Crippen LogP contribution in [-0.2, 0) is 4.74 Å². The summed E-state index contributed by atoms with van der Waals surface area (Å²) < 4.78 is 5.71. The third-order valence-electron chi connectivity index (χ3n) is 2.87. The summed E-state index contributed by atoms with van der Waals surface area (Å²) in [5.74, 6) is 0.669. The Hall–Kier alpha value is 0.110. The Bertz CT molecular complexity index is 377. The molecule has 1 saturated heterocycles. The fourth-order valence-electron chi connectivity index (χ4n) is 1.95. The lowest BCUT2D eigenvalue weighted by Gasteiger charge is -2.16. The Labute approximate surface area is 117 Å². The van der Waals surface area contributed by atoms with E-state index in [1.54, 1.807) is 6.07 Å². The quantitative estimate of drug-likeness (QED) is 0.759. The molecule has 94 valence electrons. The van der Waals surface area contributed by atoms with E-state index in [4.69, 9.17) is 27.9 Å². The maximum Gasteiger partial charge on any atom is 0.104 e. The van der Waals surface area contributed by atoms with Crippen molar-refractivity contribution in [3.05, 3.63) is 33.8 Å². The molecule has 1 heterocycles. The van der Waals surface area contributed by atoms with Crippen LogP contribution in [-0.4, -0.2) is 12.0 Å². The van der Waals surface area contributed by atoms with E-state index in [9.17, 15) is 0 Å². The topological polar surface area (TPSA) is 9.23 Å². The van der Waals surface area contributed by atoms with E-state index in [-0.39, 0.29) is 0 Å². The lowest BCUT2D eigenvalue weighted by Crippen LogP contribution is -2.02. The van der Waals surface area contributed by atoms with Crippen LogP contribution in [0.1, 0.15) is 31.1 Å². The summed E-state index contributed by atoms with van der Waals surface area (Å²) in [6, 6.07) is 5.71. The first-order valence-electron chi connectivity index (χ1n) is 5.77. The molecule has 4 heteroatoms. The second-order valence-electron chi connectivity index (χ2n) is 4.58. The van der Waals surface area contributed by atoms with E-state index in [0.717, 1.165) is 18.6 Å². The summed E-state index contributed by atoms with van der Waals surface area (Å²) in [6.45, 7) is 5.27. The molecule has 1 aliphatic rings. The molecule has 0 aliphatic carbocycles. The maximum atomic E-state index is 6.01. The first kappa shape index (κ1) is 13.5. The lowest BCUT2D eigenvalue weighted by molar-refractivity contribution is 0.166. The van der Waals surface area contributed by atoms with Crippen LogP contribution in [0.3, 0.4) is 0 Å². The molecule has 3 atom stereocenters. The van der Waals surface area contributed by atoms with Gasteiger partial charge in [0.2, 0.25) is 0 Å². The minimum Gasteiger partial charge on any atom is -0.367 e. The van der Waals surface area contributed by atoms with Crippen LogP contribution in [0, 0.1) is 5.92 Å². The van der Waals surface area contributed by atoms with Gasteiger partial charge in [-0.3, -0.25) is 0 Å². The van der Waals surface area contributed by atoms with Gasteiger partial charge in [-0.05, 0) is 43.0 Å². The van der Waals surface area contributed by atoms with Crippen LogP contribution in [0.25, 0.3) is 0 Å². The van der Waals surface area contributed by atoms with E-state index < -0.39 is 0 Å². The summed E-state index contributed by atoms with van der Waals surface area (Å²) in [5, 5.41) is 1.74. The van der Waals surface area contributed by atoms with Gasteiger partial charge in [0.05, 0.1) is 6.61 Å². The molecule has 0 radical (unpaired) electrons. The molecule has 2 rings (SSSR count). The minimum absolute atomic E-state index is 0.303. The molecule has 1 aromatic rings. The monoisotopic (exact) mass is 290 g/mol. The lowest BCUT2D eigenvalue weighted by atomic mass is 10.2. The molecule has 1 aliphatic heterocycles. The zero-order valence-electron chi connectivity index (χ0n) is 9.95. The van der Waals surface area contributed by atoms with Crippen LogP contribution in [0.15, 0.2) is 18.2 Å². The van der Waals surface area contributed by atoms with Crippen molar-refractivity contribution in [3.8, 4) is 0 Å². The van der Waals surface area contributed by atoms with Crippen LogP contribution in [0.5, 0.6) is 0 Å². The fourth-order valence-corrected chi connectivity index (χ4v) is 3.84. The minimum atomic E-state index is 0.303. The Morgan fingerprint density at radius 1 is 1.29 bits per heavy atom. The molecule has 0 bridgehead atoms. The molecule has 1 aromatic carbocycles. The van der Waals surface area contributed by atoms with Crippen molar-refractivity contribution in [2.45, 2.75) is 31.0 Å². The van der Waals surface area contributed by atoms with Crippen LogP contribution in [0.2, 0.25) is 10.0 Å². The summed E-state index contributed by atoms with van der Waals surface area (Å²) in [6.07, 6.45) is 1.13. The predicted octanol–water partition coefficient (Wildman–Crippen LogP) is 5.17. The Morgan fingerprint density at radius 2 is 1.94 bits per heavy atom. The number of thioether (sulfide) groups is 1. The SMILES string of the molecule is C[C@H]1COC(S[C@H](C)c2cc(Cl)cc(Cl)c2)C1. The zero-order valence-corrected chi connectivity index (χ0v) is 12.3. The molecule has 0 aromatic heterocycles. The molecule has 1 fully saturated rings. The molecule has 1 unspecified atom stereocenters. The van der Waals surface area contributed by atoms with Gasteiger partial charge in [-0.2, -0.15) is 0 Å². The summed E-state index contributed by atoms with van der Waals surface area (Å²) in [7, 11) is 0. The van der Waals surface area contributed by atoms with Gasteiger partial charge in [-0.25, -0.2) is 0 Å². The van der Waals surface area contributed by atoms with E-state index in [1.165, 1.54) is 0 Å². The van der Waals surface area contributed by atoms with E-state index in [1.807, 2.05) is 23.9 Å². The first-order chi connectivity index (χ1) is 8.04. The van der Waals surface area contributed by atoms with Crippen molar-refractivity contribution in [2.24, 2.45) is 5.92 Å². The van der Waals surface area contributed by atoms with Gasteiger partial charge in [0.1, 0.15) is 5.44 Å². The molecule has 17 heavy (non-hydrogen) atoms. The van der Waals surface area contributed by atoms with Crippen molar-refractivity contribution in [1.29, 1.82) is 0 Å². The molecule has 0 amide bonds. The third-order valence-corrected chi connectivity index (χ3v) is 4.62. The Balaban J connectivity index is 2.01. The molecule has 0 spiro atoms. The van der Waals surface area contributed by atoms with Crippen molar-refractivity contribution in [1.82, 2.24) is 0 Å². The predicted molar refractivity (Wildman–Crippen MR) is 76.0 cm³/mol. The smallest absolute Gasteiger partial charge is 0.104 e. The zero-order chi connectivity index (χ0) is 12.4. The van der Waals surface area contributed by atoms with Gasteiger partial charge >= 0.3 is 0 Å². The van der Waals surface area contributed by atoms with E-state index in [0.29, 0.717) is 26.6 Å². The first-order valence-corrected chi connectivity index (χ1v) is 7.47.